The van der Waals surface area contributed by atoms with Crippen LogP contribution in [0.2, 0.25) is 0 Å². The third-order valence-corrected chi connectivity index (χ3v) is 6.20. The van der Waals surface area contributed by atoms with E-state index in [-0.39, 0.29) is 17.6 Å². The van der Waals surface area contributed by atoms with Crippen LogP contribution in [0.5, 0.6) is 0 Å². The van der Waals surface area contributed by atoms with Crippen LogP contribution in [0, 0.1) is 11.8 Å². The first-order valence-corrected chi connectivity index (χ1v) is 10.2. The van der Waals surface area contributed by atoms with Crippen LogP contribution in [0.3, 0.4) is 0 Å². The van der Waals surface area contributed by atoms with Gasteiger partial charge in [0.15, 0.2) is 5.82 Å². The molecule has 2 atom stereocenters. The van der Waals surface area contributed by atoms with Crippen molar-refractivity contribution in [1.29, 1.82) is 0 Å². The third-order valence-electron chi connectivity index (χ3n) is 6.20. The molecule has 2 unspecified atom stereocenters. The number of likely N-dealkylation sites (tertiary alicyclic amines) is 1. The minimum atomic E-state index is -0.210. The maximum absolute atomic E-state index is 13.5. The monoisotopic (exact) mass is 392 g/mol. The maximum Gasteiger partial charge on any atom is 0.343 e. The smallest absolute Gasteiger partial charge is 0.328 e. The number of nitrogens with one attached hydrogen (secondary N) is 1. The first-order chi connectivity index (χ1) is 14.2. The Hall–Kier alpha value is -3.16. The lowest BCUT2D eigenvalue weighted by atomic mass is 9.94. The number of imidazole rings is 1. The van der Waals surface area contributed by atoms with Gasteiger partial charge in [0.25, 0.3) is 5.91 Å². The zero-order valence-corrected chi connectivity index (χ0v) is 16.4. The highest BCUT2D eigenvalue weighted by Crippen LogP contribution is 2.50. The molecule has 1 saturated heterocycles. The Kier molecular flexibility index (Phi) is 4.34. The number of hydrogen-bond acceptors (Lipinski definition) is 4. The van der Waals surface area contributed by atoms with Crippen LogP contribution < -0.4 is 5.69 Å². The van der Waals surface area contributed by atoms with Gasteiger partial charge < -0.3 is 9.47 Å². The summed E-state index contributed by atoms with van der Waals surface area (Å²) in [7, 11) is 0. The first-order valence-electron chi connectivity index (χ1n) is 10.2. The van der Waals surface area contributed by atoms with Crippen molar-refractivity contribution < 1.29 is 4.79 Å². The molecule has 2 aliphatic rings. The van der Waals surface area contributed by atoms with Gasteiger partial charge in [-0.25, -0.2) is 14.9 Å². The Labute approximate surface area is 168 Å². The molecule has 29 heavy (non-hydrogen) atoms. The Bertz CT molecular complexity index is 1080. The molecule has 1 saturated carbocycles. The van der Waals surface area contributed by atoms with Gasteiger partial charge in [-0.15, -0.1) is 0 Å². The van der Waals surface area contributed by atoms with E-state index in [0.29, 0.717) is 36.3 Å². The zero-order chi connectivity index (χ0) is 20.0. The van der Waals surface area contributed by atoms with E-state index >= 15 is 0 Å². The van der Waals surface area contributed by atoms with E-state index in [4.69, 9.17) is 0 Å². The van der Waals surface area contributed by atoms with E-state index in [2.05, 4.69) is 15.2 Å². The minimum Gasteiger partial charge on any atom is -0.328 e. The molecule has 3 heterocycles. The number of carbonyl (C=O) groups excluding carboxylic acids is 1. The van der Waals surface area contributed by atoms with Gasteiger partial charge in [0, 0.05) is 36.7 Å². The molecule has 1 aliphatic heterocycles. The van der Waals surface area contributed by atoms with Crippen LogP contribution in [-0.4, -0.2) is 41.7 Å². The molecule has 8 heteroatoms. The fraction of sp³-hybridized carbons (Fsp3) is 0.429. The van der Waals surface area contributed by atoms with Crippen molar-refractivity contribution in [2.45, 2.75) is 38.8 Å². The number of aromatic amines is 1. The van der Waals surface area contributed by atoms with Crippen LogP contribution in [-0.2, 0) is 6.54 Å². The molecule has 1 aromatic carbocycles. The molecule has 8 nitrogen and oxygen atoms in total. The van der Waals surface area contributed by atoms with Crippen LogP contribution >= 0.6 is 0 Å². The van der Waals surface area contributed by atoms with Crippen molar-refractivity contribution in [2.75, 3.05) is 6.54 Å². The summed E-state index contributed by atoms with van der Waals surface area (Å²) in [6, 6.07) is 7.42. The second kappa shape index (κ2) is 7.02. The second-order valence-corrected chi connectivity index (χ2v) is 7.88. The number of nitrogens with zero attached hydrogens (tertiary/aromatic N) is 5. The molecule has 5 rings (SSSR count). The summed E-state index contributed by atoms with van der Waals surface area (Å²) in [5.41, 5.74) is 1.32. The normalized spacial score (nSPS) is 21.6. The number of amides is 1. The third kappa shape index (κ3) is 3.08. The minimum absolute atomic E-state index is 0.0155. The van der Waals surface area contributed by atoms with Crippen LogP contribution in [0.4, 0.5) is 0 Å². The van der Waals surface area contributed by atoms with E-state index in [1.807, 2.05) is 46.9 Å². The van der Waals surface area contributed by atoms with E-state index in [1.54, 1.807) is 17.1 Å². The summed E-state index contributed by atoms with van der Waals surface area (Å²) in [5.74, 6) is 1.65. The van der Waals surface area contributed by atoms with Crippen molar-refractivity contribution in [2.24, 2.45) is 11.8 Å². The number of H-pyrrole nitrogens is 1. The van der Waals surface area contributed by atoms with Gasteiger partial charge in [-0.2, -0.15) is 5.10 Å². The van der Waals surface area contributed by atoms with E-state index in [1.165, 1.54) is 12.8 Å². The lowest BCUT2D eigenvalue weighted by molar-refractivity contribution is 0.0701. The van der Waals surface area contributed by atoms with Crippen molar-refractivity contribution in [3.8, 4) is 5.69 Å². The highest BCUT2D eigenvalue weighted by Gasteiger charge is 2.47. The van der Waals surface area contributed by atoms with Crippen LogP contribution in [0.25, 0.3) is 5.69 Å². The second-order valence-electron chi connectivity index (χ2n) is 7.88. The van der Waals surface area contributed by atoms with E-state index < -0.39 is 0 Å². The van der Waals surface area contributed by atoms with E-state index in [9.17, 15) is 9.59 Å². The molecular weight excluding hydrogens is 368 g/mol. The molecular formula is C21H24N6O2. The quantitative estimate of drug-likeness (QED) is 0.722. The Balaban J connectivity index is 1.51. The van der Waals surface area contributed by atoms with Crippen molar-refractivity contribution >= 4 is 5.91 Å². The summed E-state index contributed by atoms with van der Waals surface area (Å²) in [6.45, 7) is 3.16. The Morgan fingerprint density at radius 2 is 2.14 bits per heavy atom. The largest absolute Gasteiger partial charge is 0.343 e. The number of rotatable bonds is 5. The van der Waals surface area contributed by atoms with Crippen LogP contribution in [0.1, 0.15) is 48.4 Å². The zero-order valence-electron chi connectivity index (χ0n) is 16.4. The fourth-order valence-electron chi connectivity index (χ4n) is 4.63. The van der Waals surface area contributed by atoms with Crippen LogP contribution in [0.15, 0.2) is 47.8 Å². The van der Waals surface area contributed by atoms with Crippen molar-refractivity contribution in [3.05, 3.63) is 64.9 Å². The van der Waals surface area contributed by atoms with E-state index in [0.717, 1.165) is 12.1 Å². The molecule has 0 spiro atoms. The fourth-order valence-corrected chi connectivity index (χ4v) is 4.63. The van der Waals surface area contributed by atoms with Gasteiger partial charge >= 0.3 is 5.69 Å². The van der Waals surface area contributed by atoms with Gasteiger partial charge in [-0.1, -0.05) is 6.07 Å². The standard InChI is InChI=1S/C21H24N6O2/c1-2-26-19(23-24-21(26)29)18-17(14-6-7-14)8-10-27(18)20(28)15-4-3-5-16(12-15)25-11-9-22-13-25/h3-5,9,11-14,17-18H,2,6-8,10H2,1H3,(H,24,29). The summed E-state index contributed by atoms with van der Waals surface area (Å²) in [5, 5.41) is 6.91. The molecule has 0 radical (unpaired) electrons. The number of carbonyl (C=O) groups is 1. The maximum atomic E-state index is 13.5. The topological polar surface area (TPSA) is 88.8 Å². The molecule has 1 aliphatic carbocycles. The number of benzene rings is 1. The predicted molar refractivity (Wildman–Crippen MR) is 107 cm³/mol. The lowest BCUT2D eigenvalue weighted by Crippen LogP contribution is -2.35. The number of aromatic nitrogens is 5. The van der Waals surface area contributed by atoms with Crippen molar-refractivity contribution in [1.82, 2.24) is 29.2 Å². The summed E-state index contributed by atoms with van der Waals surface area (Å²) in [6.07, 6.45) is 8.63. The van der Waals surface area contributed by atoms with Gasteiger partial charge in [0.1, 0.15) is 0 Å². The van der Waals surface area contributed by atoms with Gasteiger partial charge in [0.2, 0.25) is 0 Å². The molecule has 2 fully saturated rings. The summed E-state index contributed by atoms with van der Waals surface area (Å²) >= 11 is 0. The lowest BCUT2D eigenvalue weighted by Gasteiger charge is -2.28. The highest BCUT2D eigenvalue weighted by atomic mass is 16.2. The first kappa shape index (κ1) is 17.9. The average Bonchev–Trinajstić information content (AvgIpc) is 3.15. The van der Waals surface area contributed by atoms with Crippen molar-refractivity contribution in [3.63, 3.8) is 0 Å². The van der Waals surface area contributed by atoms with Gasteiger partial charge in [-0.05, 0) is 56.2 Å². The highest BCUT2D eigenvalue weighted by molar-refractivity contribution is 5.95. The summed E-state index contributed by atoms with van der Waals surface area (Å²) in [4.78, 5) is 31.7. The molecule has 1 amide bonds. The Morgan fingerprint density at radius 3 is 2.86 bits per heavy atom. The molecule has 150 valence electrons. The molecule has 3 aromatic rings. The van der Waals surface area contributed by atoms with Gasteiger partial charge in [0.05, 0.1) is 12.4 Å². The average molecular weight is 392 g/mol. The molecule has 0 bridgehead atoms. The molecule has 2 aromatic heterocycles. The Morgan fingerprint density at radius 1 is 1.28 bits per heavy atom. The number of hydrogen-bond donors (Lipinski definition) is 1. The SMILES string of the molecule is CCn1c(C2C(C3CC3)CCN2C(=O)c2cccc(-n3ccnc3)c2)n[nH]c1=O. The van der Waals surface area contributed by atoms with Gasteiger partial charge in [-0.3, -0.25) is 9.36 Å². The predicted octanol–water partition coefficient (Wildman–Crippen LogP) is 2.39. The molecule has 1 N–H and O–H groups in total. The summed E-state index contributed by atoms with van der Waals surface area (Å²) < 4.78 is 3.54.